The van der Waals surface area contributed by atoms with E-state index in [1.807, 2.05) is 0 Å². The van der Waals surface area contributed by atoms with Gasteiger partial charge in [0.05, 0.1) is 0 Å². The molecular formula is C13H28N2. The van der Waals surface area contributed by atoms with Gasteiger partial charge in [0.15, 0.2) is 0 Å². The van der Waals surface area contributed by atoms with Crippen molar-refractivity contribution < 1.29 is 0 Å². The highest BCUT2D eigenvalue weighted by Crippen LogP contribution is 2.21. The van der Waals surface area contributed by atoms with E-state index in [2.05, 4.69) is 25.7 Å². The van der Waals surface area contributed by atoms with E-state index in [4.69, 9.17) is 5.73 Å². The number of nitrogens with two attached hydrogens (primary N) is 1. The monoisotopic (exact) mass is 212 g/mol. The van der Waals surface area contributed by atoms with Crippen molar-refractivity contribution in [1.29, 1.82) is 0 Å². The fourth-order valence-corrected chi connectivity index (χ4v) is 2.76. The SMILES string of the molecule is CC(CN)CCCN1CC(C)CC(C)C1. The summed E-state index contributed by atoms with van der Waals surface area (Å²) in [4.78, 5) is 2.64. The van der Waals surface area contributed by atoms with Gasteiger partial charge in [-0.2, -0.15) is 0 Å². The Bertz CT molecular complexity index is 160. The normalized spacial score (nSPS) is 30.4. The lowest BCUT2D eigenvalue weighted by atomic mass is 9.91. The number of hydrogen-bond acceptors (Lipinski definition) is 2. The quantitative estimate of drug-likeness (QED) is 0.758. The molecule has 0 aromatic carbocycles. The molecule has 1 aliphatic heterocycles. The fourth-order valence-electron chi connectivity index (χ4n) is 2.76. The van der Waals surface area contributed by atoms with Crippen LogP contribution in [0.3, 0.4) is 0 Å². The topological polar surface area (TPSA) is 29.3 Å². The Hall–Kier alpha value is -0.0800. The first-order valence-electron chi connectivity index (χ1n) is 6.54. The van der Waals surface area contributed by atoms with Gasteiger partial charge in [0.2, 0.25) is 0 Å². The second kappa shape index (κ2) is 6.49. The summed E-state index contributed by atoms with van der Waals surface area (Å²) in [5.74, 6) is 2.48. The highest BCUT2D eigenvalue weighted by atomic mass is 15.1. The van der Waals surface area contributed by atoms with Gasteiger partial charge in [-0.3, -0.25) is 0 Å². The smallest absolute Gasteiger partial charge is 0.000724 e. The van der Waals surface area contributed by atoms with Crippen molar-refractivity contribution in [3.8, 4) is 0 Å². The molecule has 0 bridgehead atoms. The largest absolute Gasteiger partial charge is 0.330 e. The summed E-state index contributed by atoms with van der Waals surface area (Å²) < 4.78 is 0. The van der Waals surface area contributed by atoms with Gasteiger partial charge in [-0.1, -0.05) is 20.8 Å². The molecule has 2 N–H and O–H groups in total. The molecule has 0 amide bonds. The minimum Gasteiger partial charge on any atom is -0.330 e. The van der Waals surface area contributed by atoms with Crippen LogP contribution in [0, 0.1) is 17.8 Å². The van der Waals surface area contributed by atoms with E-state index in [1.54, 1.807) is 0 Å². The molecule has 0 aliphatic carbocycles. The van der Waals surface area contributed by atoms with Crippen molar-refractivity contribution in [3.05, 3.63) is 0 Å². The number of nitrogens with zero attached hydrogens (tertiary/aromatic N) is 1. The molecule has 2 nitrogen and oxygen atoms in total. The maximum Gasteiger partial charge on any atom is 0.000724 e. The minimum atomic E-state index is 0.699. The first-order valence-corrected chi connectivity index (χ1v) is 6.54. The van der Waals surface area contributed by atoms with Crippen molar-refractivity contribution in [3.63, 3.8) is 0 Å². The number of likely N-dealkylation sites (tertiary alicyclic amines) is 1. The van der Waals surface area contributed by atoms with Crippen LogP contribution < -0.4 is 5.73 Å². The molecule has 1 fully saturated rings. The number of piperidine rings is 1. The maximum absolute atomic E-state index is 5.62. The third kappa shape index (κ3) is 4.98. The highest BCUT2D eigenvalue weighted by Gasteiger charge is 2.21. The van der Waals surface area contributed by atoms with E-state index in [0.29, 0.717) is 5.92 Å². The molecule has 0 aromatic heterocycles. The summed E-state index contributed by atoms with van der Waals surface area (Å²) in [6, 6.07) is 0. The lowest BCUT2D eigenvalue weighted by molar-refractivity contribution is 0.137. The van der Waals surface area contributed by atoms with Crippen LogP contribution in [-0.2, 0) is 0 Å². The fraction of sp³-hybridized carbons (Fsp3) is 1.00. The molecule has 1 saturated heterocycles. The van der Waals surface area contributed by atoms with Crippen LogP contribution in [0.5, 0.6) is 0 Å². The lowest BCUT2D eigenvalue weighted by Crippen LogP contribution is -2.39. The predicted octanol–water partition coefficient (Wildman–Crippen LogP) is 2.34. The summed E-state index contributed by atoms with van der Waals surface area (Å²) >= 11 is 0. The average Bonchev–Trinajstić information content (AvgIpc) is 2.16. The van der Waals surface area contributed by atoms with Gasteiger partial charge in [-0.25, -0.2) is 0 Å². The van der Waals surface area contributed by atoms with E-state index in [-0.39, 0.29) is 0 Å². The Balaban J connectivity index is 2.15. The summed E-state index contributed by atoms with van der Waals surface area (Å²) in [5.41, 5.74) is 5.62. The van der Waals surface area contributed by atoms with Crippen molar-refractivity contribution in [2.45, 2.75) is 40.0 Å². The standard InChI is InChI=1S/C13H28N2/c1-11(8-14)5-4-6-15-9-12(2)7-13(3)10-15/h11-13H,4-10,14H2,1-3H3. The lowest BCUT2D eigenvalue weighted by Gasteiger charge is -2.35. The van der Waals surface area contributed by atoms with Gasteiger partial charge in [0, 0.05) is 13.1 Å². The predicted molar refractivity (Wildman–Crippen MR) is 66.8 cm³/mol. The van der Waals surface area contributed by atoms with Gasteiger partial charge in [0.1, 0.15) is 0 Å². The van der Waals surface area contributed by atoms with Crippen LogP contribution in [0.15, 0.2) is 0 Å². The molecule has 0 spiro atoms. The zero-order valence-corrected chi connectivity index (χ0v) is 10.7. The van der Waals surface area contributed by atoms with Gasteiger partial charge in [-0.15, -0.1) is 0 Å². The molecule has 1 aliphatic rings. The Kier molecular flexibility index (Phi) is 5.62. The van der Waals surface area contributed by atoms with Crippen LogP contribution in [0.2, 0.25) is 0 Å². The van der Waals surface area contributed by atoms with E-state index < -0.39 is 0 Å². The molecule has 3 unspecified atom stereocenters. The molecule has 3 atom stereocenters. The Morgan fingerprint density at radius 2 is 1.87 bits per heavy atom. The third-order valence-electron chi connectivity index (χ3n) is 3.52. The second-order valence-electron chi connectivity index (χ2n) is 5.69. The van der Waals surface area contributed by atoms with Gasteiger partial charge in [-0.05, 0) is 50.1 Å². The van der Waals surface area contributed by atoms with Gasteiger partial charge >= 0.3 is 0 Å². The molecule has 2 heteroatoms. The van der Waals surface area contributed by atoms with E-state index in [1.165, 1.54) is 38.9 Å². The van der Waals surface area contributed by atoms with Crippen molar-refractivity contribution in [2.24, 2.45) is 23.5 Å². The molecule has 0 saturated carbocycles. The highest BCUT2D eigenvalue weighted by molar-refractivity contribution is 4.74. The van der Waals surface area contributed by atoms with Crippen LogP contribution in [0.4, 0.5) is 0 Å². The molecule has 1 rings (SSSR count). The summed E-state index contributed by atoms with van der Waals surface area (Å²) in [6.07, 6.45) is 4.02. The summed E-state index contributed by atoms with van der Waals surface area (Å²) in [6.45, 7) is 11.7. The van der Waals surface area contributed by atoms with Crippen molar-refractivity contribution in [2.75, 3.05) is 26.2 Å². The van der Waals surface area contributed by atoms with Crippen LogP contribution in [0.1, 0.15) is 40.0 Å². The van der Waals surface area contributed by atoms with E-state index in [0.717, 1.165) is 18.4 Å². The maximum atomic E-state index is 5.62. The molecule has 90 valence electrons. The molecular weight excluding hydrogens is 184 g/mol. The van der Waals surface area contributed by atoms with Gasteiger partial charge in [0.25, 0.3) is 0 Å². The summed E-state index contributed by atoms with van der Waals surface area (Å²) in [5, 5.41) is 0. The molecule has 0 aromatic rings. The summed E-state index contributed by atoms with van der Waals surface area (Å²) in [7, 11) is 0. The molecule has 1 heterocycles. The zero-order valence-electron chi connectivity index (χ0n) is 10.7. The zero-order chi connectivity index (χ0) is 11.3. The molecule has 0 radical (unpaired) electrons. The minimum absolute atomic E-state index is 0.699. The average molecular weight is 212 g/mol. The molecule has 15 heavy (non-hydrogen) atoms. The van der Waals surface area contributed by atoms with Crippen LogP contribution in [0.25, 0.3) is 0 Å². The van der Waals surface area contributed by atoms with Crippen molar-refractivity contribution >= 4 is 0 Å². The van der Waals surface area contributed by atoms with Gasteiger partial charge < -0.3 is 10.6 Å². The first kappa shape index (κ1) is 13.0. The Morgan fingerprint density at radius 1 is 1.27 bits per heavy atom. The Morgan fingerprint density at radius 3 is 2.40 bits per heavy atom. The van der Waals surface area contributed by atoms with Crippen LogP contribution >= 0.6 is 0 Å². The van der Waals surface area contributed by atoms with E-state index >= 15 is 0 Å². The second-order valence-corrected chi connectivity index (χ2v) is 5.69. The number of rotatable bonds is 5. The Labute approximate surface area is 95.2 Å². The van der Waals surface area contributed by atoms with Crippen molar-refractivity contribution in [1.82, 2.24) is 4.90 Å². The number of hydrogen-bond donors (Lipinski definition) is 1. The van der Waals surface area contributed by atoms with E-state index in [9.17, 15) is 0 Å². The van der Waals surface area contributed by atoms with Crippen LogP contribution in [-0.4, -0.2) is 31.1 Å². The third-order valence-corrected chi connectivity index (χ3v) is 3.52. The first-order chi connectivity index (χ1) is 7.11.